The Morgan fingerprint density at radius 2 is 2.08 bits per heavy atom. The summed E-state index contributed by atoms with van der Waals surface area (Å²) in [5.74, 6) is 7.35. The molecule has 0 N–H and O–H groups in total. The molecule has 5 heteroatoms. The highest BCUT2D eigenvalue weighted by Crippen LogP contribution is 2.24. The number of alkyl halides is 1. The summed E-state index contributed by atoms with van der Waals surface area (Å²) in [5, 5.41) is 9.06. The molecule has 0 bridgehead atoms. The molecule has 1 aliphatic rings. The maximum Gasteiger partial charge on any atom is 0.234 e. The minimum Gasteiger partial charge on any atom is -0.352 e. The van der Waals surface area contributed by atoms with Gasteiger partial charge in [0.05, 0.1) is 5.88 Å². The van der Waals surface area contributed by atoms with E-state index in [0.717, 1.165) is 37.3 Å². The second-order valence-corrected chi connectivity index (χ2v) is 7.49. The van der Waals surface area contributed by atoms with Crippen LogP contribution < -0.4 is 4.90 Å². The summed E-state index contributed by atoms with van der Waals surface area (Å²) in [4.78, 5) is 10.6. The molecule has 1 aromatic heterocycles. The summed E-state index contributed by atoms with van der Waals surface area (Å²) in [6, 6.07) is 3.88. The van der Waals surface area contributed by atoms with E-state index in [9.17, 15) is 0 Å². The van der Waals surface area contributed by atoms with Crippen LogP contribution in [0, 0.1) is 28.6 Å². The third-order valence-corrected chi connectivity index (χ3v) is 3.81. The number of anilines is 1. The Labute approximate surface area is 155 Å². The predicted molar refractivity (Wildman–Crippen MR) is 102 cm³/mol. The van der Waals surface area contributed by atoms with E-state index >= 15 is 0 Å². The van der Waals surface area contributed by atoms with Gasteiger partial charge in [-0.1, -0.05) is 50.3 Å². The Kier molecular flexibility index (Phi) is 6.62. The lowest BCUT2D eigenvalue weighted by Gasteiger charge is -2.32. The first kappa shape index (κ1) is 19.0. The summed E-state index contributed by atoms with van der Waals surface area (Å²) in [5.41, 5.74) is 2.57. The van der Waals surface area contributed by atoms with Gasteiger partial charge in [-0.25, -0.2) is 9.97 Å². The zero-order chi connectivity index (χ0) is 18.3. The fraction of sp³-hybridized carbons (Fsp3) is 0.450. The van der Waals surface area contributed by atoms with Gasteiger partial charge in [0.1, 0.15) is 11.9 Å². The Morgan fingerprint density at radius 1 is 1.28 bits per heavy atom. The van der Waals surface area contributed by atoms with Crippen molar-refractivity contribution in [1.82, 2.24) is 9.97 Å². The Morgan fingerprint density at radius 3 is 2.68 bits per heavy atom. The lowest BCUT2D eigenvalue weighted by Crippen LogP contribution is -2.35. The summed E-state index contributed by atoms with van der Waals surface area (Å²) >= 11 is 5.61. The van der Waals surface area contributed by atoms with Crippen LogP contribution in [0.2, 0.25) is 0 Å². The van der Waals surface area contributed by atoms with E-state index < -0.39 is 0 Å². The van der Waals surface area contributed by atoms with E-state index in [-0.39, 0.29) is 11.2 Å². The van der Waals surface area contributed by atoms with Crippen LogP contribution in [-0.4, -0.2) is 28.9 Å². The predicted octanol–water partition coefficient (Wildman–Crippen LogP) is 4.09. The molecule has 1 aliphatic carbocycles. The highest BCUT2D eigenvalue weighted by Gasteiger charge is 2.20. The lowest BCUT2D eigenvalue weighted by atomic mass is 9.94. The first-order valence-electron chi connectivity index (χ1n) is 8.33. The molecule has 0 fully saturated rings. The Hall–Kier alpha value is -2.30. The molecule has 1 heterocycles. The van der Waals surface area contributed by atoms with Crippen molar-refractivity contribution >= 4 is 17.4 Å². The van der Waals surface area contributed by atoms with Crippen LogP contribution in [0.3, 0.4) is 0 Å². The number of aromatic nitrogens is 2. The van der Waals surface area contributed by atoms with Gasteiger partial charge in [0.15, 0.2) is 0 Å². The normalized spacial score (nSPS) is 13.9. The van der Waals surface area contributed by atoms with Crippen LogP contribution in [0.4, 0.5) is 5.82 Å². The fourth-order valence-electron chi connectivity index (χ4n) is 2.68. The number of hydrogen-bond donors (Lipinski definition) is 0. The average Bonchev–Trinajstić information content (AvgIpc) is 2.59. The Balaban J connectivity index is 2.21. The van der Waals surface area contributed by atoms with Gasteiger partial charge >= 0.3 is 0 Å². The minimum atomic E-state index is 0.111. The third kappa shape index (κ3) is 6.25. The molecular formula is C20H23ClN4. The number of nitrogens with zero attached hydrogens (tertiary/aromatic N) is 4. The zero-order valence-corrected chi connectivity index (χ0v) is 15.8. The average molecular weight is 355 g/mol. The van der Waals surface area contributed by atoms with E-state index in [0.29, 0.717) is 5.88 Å². The third-order valence-electron chi connectivity index (χ3n) is 3.68. The molecule has 1 aromatic rings. The molecule has 0 unspecified atom stereocenters. The van der Waals surface area contributed by atoms with Crippen molar-refractivity contribution in [2.24, 2.45) is 5.41 Å². The standard InChI is InChI=1S/C20H23ClN4/c1-20(2,3)15-25(19-10-12-23-18(13-22)24-19)14-17-8-6-16(7-9-17)5-4-11-21/h6,8,10,12H,7,9,11,14-15H2,1-3H3. The van der Waals surface area contributed by atoms with Gasteiger partial charge < -0.3 is 4.90 Å². The molecule has 0 radical (unpaired) electrons. The quantitative estimate of drug-likeness (QED) is 0.603. The summed E-state index contributed by atoms with van der Waals surface area (Å²) < 4.78 is 0. The minimum absolute atomic E-state index is 0.111. The van der Waals surface area contributed by atoms with E-state index in [4.69, 9.17) is 16.9 Å². The van der Waals surface area contributed by atoms with Gasteiger partial charge in [0, 0.05) is 24.9 Å². The first-order chi connectivity index (χ1) is 11.9. The molecule has 4 nitrogen and oxygen atoms in total. The second-order valence-electron chi connectivity index (χ2n) is 7.22. The summed E-state index contributed by atoms with van der Waals surface area (Å²) in [7, 11) is 0. The van der Waals surface area contributed by atoms with Crippen LogP contribution in [0.15, 0.2) is 35.6 Å². The zero-order valence-electron chi connectivity index (χ0n) is 15.0. The molecule has 0 spiro atoms. The highest BCUT2D eigenvalue weighted by molar-refractivity contribution is 6.19. The van der Waals surface area contributed by atoms with Crippen molar-refractivity contribution < 1.29 is 0 Å². The van der Waals surface area contributed by atoms with Gasteiger partial charge in [-0.05, 0) is 24.3 Å². The number of nitriles is 1. The van der Waals surface area contributed by atoms with E-state index in [1.54, 1.807) is 6.20 Å². The topological polar surface area (TPSA) is 52.8 Å². The summed E-state index contributed by atoms with van der Waals surface area (Å²) in [6.45, 7) is 8.21. The van der Waals surface area contributed by atoms with Crippen molar-refractivity contribution in [3.8, 4) is 17.9 Å². The van der Waals surface area contributed by atoms with Gasteiger partial charge in [-0.3, -0.25) is 0 Å². The Bertz CT molecular complexity index is 769. The van der Waals surface area contributed by atoms with Crippen LogP contribution in [-0.2, 0) is 0 Å². The van der Waals surface area contributed by atoms with Gasteiger partial charge in [0.25, 0.3) is 0 Å². The molecule has 0 saturated heterocycles. The van der Waals surface area contributed by atoms with Gasteiger partial charge in [0.2, 0.25) is 5.82 Å². The molecule has 0 aromatic carbocycles. The molecule has 0 atom stereocenters. The second kappa shape index (κ2) is 8.70. The molecule has 0 amide bonds. The van der Waals surface area contributed by atoms with Crippen molar-refractivity contribution in [3.63, 3.8) is 0 Å². The van der Waals surface area contributed by atoms with Gasteiger partial charge in [-0.2, -0.15) is 5.26 Å². The number of allylic oxidation sites excluding steroid dienone is 3. The molecule has 2 rings (SSSR count). The van der Waals surface area contributed by atoms with Crippen molar-refractivity contribution in [2.75, 3.05) is 23.9 Å². The molecule has 0 saturated carbocycles. The van der Waals surface area contributed by atoms with Crippen molar-refractivity contribution in [1.29, 1.82) is 5.26 Å². The highest BCUT2D eigenvalue weighted by atomic mass is 35.5. The lowest BCUT2D eigenvalue weighted by molar-refractivity contribution is 0.411. The van der Waals surface area contributed by atoms with Crippen molar-refractivity contribution in [2.45, 2.75) is 33.6 Å². The SMILES string of the molecule is CC(C)(C)CN(CC1=CC=C(C#CCCl)CC1)c1ccnc(C#N)n1. The molecule has 0 aliphatic heterocycles. The maximum atomic E-state index is 9.06. The number of hydrogen-bond acceptors (Lipinski definition) is 4. The van der Waals surface area contributed by atoms with Crippen LogP contribution in [0.1, 0.15) is 39.4 Å². The van der Waals surface area contributed by atoms with Crippen LogP contribution >= 0.6 is 11.6 Å². The fourth-order valence-corrected chi connectivity index (χ4v) is 2.74. The molecular weight excluding hydrogens is 332 g/mol. The maximum absolute atomic E-state index is 9.06. The van der Waals surface area contributed by atoms with Crippen LogP contribution in [0.5, 0.6) is 0 Å². The van der Waals surface area contributed by atoms with E-state index in [1.165, 1.54) is 5.57 Å². The first-order valence-corrected chi connectivity index (χ1v) is 8.86. The number of halogens is 1. The molecule has 130 valence electrons. The summed E-state index contributed by atoms with van der Waals surface area (Å²) in [6.07, 6.45) is 7.77. The van der Waals surface area contributed by atoms with Crippen LogP contribution in [0.25, 0.3) is 0 Å². The van der Waals surface area contributed by atoms with E-state index in [2.05, 4.69) is 59.6 Å². The largest absolute Gasteiger partial charge is 0.352 e. The number of rotatable bonds is 4. The van der Waals surface area contributed by atoms with E-state index in [1.807, 2.05) is 12.1 Å². The monoisotopic (exact) mass is 354 g/mol. The smallest absolute Gasteiger partial charge is 0.234 e. The van der Waals surface area contributed by atoms with Gasteiger partial charge in [-0.15, -0.1) is 11.6 Å². The van der Waals surface area contributed by atoms with Crippen molar-refractivity contribution in [3.05, 3.63) is 41.4 Å². The molecule has 25 heavy (non-hydrogen) atoms.